The van der Waals surface area contributed by atoms with Crippen LogP contribution in [0.2, 0.25) is 0 Å². The normalized spacial score (nSPS) is 20.1. The zero-order valence-electron chi connectivity index (χ0n) is 15.9. The average Bonchev–Trinajstić information content (AvgIpc) is 3.13. The van der Waals surface area contributed by atoms with Gasteiger partial charge in [-0.2, -0.15) is 5.06 Å². The van der Waals surface area contributed by atoms with E-state index in [-0.39, 0.29) is 12.0 Å². The van der Waals surface area contributed by atoms with Crippen molar-refractivity contribution in [2.45, 2.75) is 44.6 Å². The molecule has 5 heteroatoms. The minimum Gasteiger partial charge on any atom is -0.468 e. The van der Waals surface area contributed by atoms with Gasteiger partial charge in [0, 0.05) is 13.0 Å². The molecule has 0 saturated carbocycles. The average molecular weight is 369 g/mol. The number of nitrogens with zero attached hydrogens (tertiary/aromatic N) is 1. The molecule has 1 aliphatic heterocycles. The number of hydroxylamine groups is 2. The van der Waals surface area contributed by atoms with E-state index in [1.165, 1.54) is 7.11 Å². The van der Waals surface area contributed by atoms with Crippen LogP contribution in [0, 0.1) is 0 Å². The lowest BCUT2D eigenvalue weighted by Crippen LogP contribution is -2.39. The zero-order chi connectivity index (χ0) is 19.1. The van der Waals surface area contributed by atoms with Gasteiger partial charge >= 0.3 is 5.97 Å². The van der Waals surface area contributed by atoms with E-state index in [0.29, 0.717) is 13.0 Å². The summed E-state index contributed by atoms with van der Waals surface area (Å²) in [6.07, 6.45) is 2.01. The van der Waals surface area contributed by atoms with Gasteiger partial charge in [0.2, 0.25) is 0 Å². The summed E-state index contributed by atoms with van der Waals surface area (Å²) < 4.78 is 10.9. The van der Waals surface area contributed by atoms with Crippen molar-refractivity contribution in [1.29, 1.82) is 0 Å². The summed E-state index contributed by atoms with van der Waals surface area (Å²) in [4.78, 5) is 18.6. The number of methoxy groups -OCH3 is 1. The molecule has 0 N–H and O–H groups in total. The van der Waals surface area contributed by atoms with E-state index < -0.39 is 12.3 Å². The summed E-state index contributed by atoms with van der Waals surface area (Å²) in [5, 5.41) is 1.74. The predicted molar refractivity (Wildman–Crippen MR) is 103 cm³/mol. The van der Waals surface area contributed by atoms with Crippen LogP contribution in [0.15, 0.2) is 60.7 Å². The molecule has 3 rings (SSSR count). The fraction of sp³-hybridized carbons (Fsp3) is 0.409. The second kappa shape index (κ2) is 9.65. The van der Waals surface area contributed by atoms with Crippen molar-refractivity contribution in [3.8, 4) is 0 Å². The molecule has 2 aromatic rings. The first-order chi connectivity index (χ1) is 13.2. The van der Waals surface area contributed by atoms with Crippen molar-refractivity contribution in [3.05, 3.63) is 71.8 Å². The molecule has 0 aliphatic carbocycles. The predicted octanol–water partition coefficient (Wildman–Crippen LogP) is 4.10. The van der Waals surface area contributed by atoms with E-state index in [1.54, 1.807) is 5.06 Å². The van der Waals surface area contributed by atoms with E-state index in [9.17, 15) is 4.79 Å². The lowest BCUT2D eigenvalue weighted by Gasteiger charge is -2.30. The van der Waals surface area contributed by atoms with Crippen LogP contribution in [-0.2, 0) is 19.1 Å². The first kappa shape index (κ1) is 19.5. The molecule has 0 radical (unpaired) electrons. The molecular formula is C22H27NO4. The Morgan fingerprint density at radius 2 is 1.70 bits per heavy atom. The van der Waals surface area contributed by atoms with E-state index in [0.717, 1.165) is 24.0 Å². The molecule has 0 bridgehead atoms. The standard InChI is InChI=1S/C22H27NO4/c1-3-4-15-26-20-16-19(22(24)25-2)23(27-20)21(17-11-7-5-8-12-17)18-13-9-6-10-14-18/h5-14,19-21H,3-4,15-16H2,1-2H3/t19-,20+/m1/s1. The van der Waals surface area contributed by atoms with Gasteiger partial charge < -0.3 is 9.47 Å². The largest absolute Gasteiger partial charge is 0.468 e. The summed E-state index contributed by atoms with van der Waals surface area (Å²) in [7, 11) is 1.41. The Morgan fingerprint density at radius 1 is 1.11 bits per heavy atom. The van der Waals surface area contributed by atoms with Gasteiger partial charge in [-0.15, -0.1) is 0 Å². The van der Waals surface area contributed by atoms with Gasteiger partial charge in [0.1, 0.15) is 6.04 Å². The highest BCUT2D eigenvalue weighted by molar-refractivity contribution is 5.76. The van der Waals surface area contributed by atoms with Crippen molar-refractivity contribution >= 4 is 5.97 Å². The van der Waals surface area contributed by atoms with E-state index in [1.807, 2.05) is 60.7 Å². The first-order valence-electron chi connectivity index (χ1n) is 9.49. The second-order valence-corrected chi connectivity index (χ2v) is 6.62. The number of carbonyl (C=O) groups is 1. The molecule has 0 aromatic heterocycles. The first-order valence-corrected chi connectivity index (χ1v) is 9.49. The van der Waals surface area contributed by atoms with Gasteiger partial charge in [-0.05, 0) is 17.5 Å². The number of esters is 1. The van der Waals surface area contributed by atoms with Gasteiger partial charge in [-0.3, -0.25) is 9.63 Å². The monoisotopic (exact) mass is 369 g/mol. The summed E-state index contributed by atoms with van der Waals surface area (Å²) in [5.41, 5.74) is 2.10. The Kier molecular flexibility index (Phi) is 6.98. The number of hydrogen-bond donors (Lipinski definition) is 0. The van der Waals surface area contributed by atoms with E-state index in [4.69, 9.17) is 14.3 Å². The van der Waals surface area contributed by atoms with Gasteiger partial charge in [0.25, 0.3) is 0 Å². The highest BCUT2D eigenvalue weighted by Crippen LogP contribution is 2.36. The summed E-state index contributed by atoms with van der Waals surface area (Å²) in [6, 6.07) is 19.3. The molecule has 0 unspecified atom stereocenters. The van der Waals surface area contributed by atoms with Gasteiger partial charge in [0.05, 0.1) is 13.2 Å². The maximum Gasteiger partial charge on any atom is 0.325 e. The minimum absolute atomic E-state index is 0.226. The van der Waals surface area contributed by atoms with E-state index >= 15 is 0 Å². The minimum atomic E-state index is -0.521. The van der Waals surface area contributed by atoms with E-state index in [2.05, 4.69) is 6.92 Å². The van der Waals surface area contributed by atoms with Crippen LogP contribution < -0.4 is 0 Å². The highest BCUT2D eigenvalue weighted by Gasteiger charge is 2.44. The van der Waals surface area contributed by atoms with Gasteiger partial charge in [-0.1, -0.05) is 74.0 Å². The lowest BCUT2D eigenvalue weighted by atomic mass is 9.97. The van der Waals surface area contributed by atoms with Crippen LogP contribution in [0.5, 0.6) is 0 Å². The second-order valence-electron chi connectivity index (χ2n) is 6.62. The summed E-state index contributed by atoms with van der Waals surface area (Å²) >= 11 is 0. The van der Waals surface area contributed by atoms with Crippen molar-refractivity contribution < 1.29 is 19.1 Å². The van der Waals surface area contributed by atoms with Crippen LogP contribution in [0.1, 0.15) is 43.4 Å². The smallest absolute Gasteiger partial charge is 0.325 e. The van der Waals surface area contributed by atoms with Gasteiger partial charge in [-0.25, -0.2) is 0 Å². The maximum atomic E-state index is 12.5. The Balaban J connectivity index is 1.91. The molecule has 2 aromatic carbocycles. The molecule has 0 spiro atoms. The van der Waals surface area contributed by atoms with Gasteiger partial charge in [0.15, 0.2) is 6.29 Å². The Morgan fingerprint density at radius 3 is 2.22 bits per heavy atom. The van der Waals surface area contributed by atoms with Crippen molar-refractivity contribution in [1.82, 2.24) is 5.06 Å². The number of benzene rings is 2. The number of rotatable bonds is 8. The maximum absolute atomic E-state index is 12.5. The third-order valence-corrected chi connectivity index (χ3v) is 4.72. The van der Waals surface area contributed by atoms with Crippen molar-refractivity contribution in [2.24, 2.45) is 0 Å². The van der Waals surface area contributed by atoms with Crippen LogP contribution in [0.4, 0.5) is 0 Å². The highest BCUT2D eigenvalue weighted by atomic mass is 16.8. The Bertz CT molecular complexity index is 667. The third-order valence-electron chi connectivity index (χ3n) is 4.72. The van der Waals surface area contributed by atoms with Crippen molar-refractivity contribution in [2.75, 3.05) is 13.7 Å². The number of ether oxygens (including phenoxy) is 2. The topological polar surface area (TPSA) is 48.0 Å². The molecule has 1 heterocycles. The molecular weight excluding hydrogens is 342 g/mol. The fourth-order valence-electron chi connectivity index (χ4n) is 3.33. The lowest BCUT2D eigenvalue weighted by molar-refractivity contribution is -0.253. The van der Waals surface area contributed by atoms with Crippen LogP contribution >= 0.6 is 0 Å². The zero-order valence-corrected chi connectivity index (χ0v) is 15.9. The Labute approximate surface area is 160 Å². The number of hydrogen-bond acceptors (Lipinski definition) is 5. The number of unbranched alkanes of at least 4 members (excludes halogenated alkanes) is 1. The molecule has 5 nitrogen and oxygen atoms in total. The number of carbonyl (C=O) groups excluding carboxylic acids is 1. The molecule has 0 amide bonds. The van der Waals surface area contributed by atoms with Crippen LogP contribution in [-0.4, -0.2) is 37.1 Å². The Hall–Kier alpha value is -2.21. The fourth-order valence-corrected chi connectivity index (χ4v) is 3.33. The molecule has 27 heavy (non-hydrogen) atoms. The van der Waals surface area contributed by atoms with Crippen LogP contribution in [0.3, 0.4) is 0 Å². The third kappa shape index (κ3) is 4.75. The molecule has 1 aliphatic rings. The summed E-state index contributed by atoms with van der Waals surface area (Å²) in [6.45, 7) is 2.73. The molecule has 1 fully saturated rings. The quantitative estimate of drug-likeness (QED) is 0.518. The molecule has 2 atom stereocenters. The molecule has 1 saturated heterocycles. The molecule has 144 valence electrons. The van der Waals surface area contributed by atoms with Crippen molar-refractivity contribution in [3.63, 3.8) is 0 Å². The SMILES string of the molecule is CCCCO[C@@H]1C[C@H](C(=O)OC)N(C(c2ccccc2)c2ccccc2)O1. The van der Waals surface area contributed by atoms with Crippen LogP contribution in [0.25, 0.3) is 0 Å². The summed E-state index contributed by atoms with van der Waals surface area (Å²) in [5.74, 6) is -0.312.